The molecule has 7 rings (SSSR count). The fourth-order valence-electron chi connectivity index (χ4n) is 6.29. The summed E-state index contributed by atoms with van der Waals surface area (Å²) in [5.41, 5.74) is 1.73. The quantitative estimate of drug-likeness (QED) is 0.271. The van der Waals surface area contributed by atoms with E-state index in [1.807, 2.05) is 6.92 Å². The van der Waals surface area contributed by atoms with E-state index in [4.69, 9.17) is 4.74 Å². The number of rotatable bonds is 7. The molecule has 5 aliphatic rings. The van der Waals surface area contributed by atoms with Gasteiger partial charge < -0.3 is 10.1 Å². The molecule has 1 saturated heterocycles. The zero-order valence-electron chi connectivity index (χ0n) is 20.1. The Morgan fingerprint density at radius 1 is 0.944 bits per heavy atom. The van der Waals surface area contributed by atoms with Crippen molar-refractivity contribution in [2.24, 2.45) is 35.5 Å². The summed E-state index contributed by atoms with van der Waals surface area (Å²) in [6, 6.07) is 13.1. The topological polar surface area (TPSA) is 92.8 Å². The Bertz CT molecular complexity index is 1250. The van der Waals surface area contributed by atoms with Crippen LogP contribution in [0.4, 0.5) is 11.4 Å². The fourth-order valence-corrected chi connectivity index (χ4v) is 6.29. The number of ether oxygens (including phenoxy) is 1. The Morgan fingerprint density at radius 3 is 2.25 bits per heavy atom. The molecule has 6 atom stereocenters. The average Bonchev–Trinajstić information content (AvgIpc) is 3.67. The van der Waals surface area contributed by atoms with Gasteiger partial charge in [-0.15, -0.1) is 0 Å². The molecule has 4 aliphatic carbocycles. The van der Waals surface area contributed by atoms with Crippen molar-refractivity contribution in [2.45, 2.75) is 26.2 Å². The minimum absolute atomic E-state index is 0.116. The van der Waals surface area contributed by atoms with Crippen LogP contribution < -0.4 is 10.2 Å². The van der Waals surface area contributed by atoms with Gasteiger partial charge in [0.05, 0.1) is 29.7 Å². The van der Waals surface area contributed by atoms with Gasteiger partial charge in [-0.25, -0.2) is 4.79 Å². The Morgan fingerprint density at radius 2 is 1.61 bits per heavy atom. The highest BCUT2D eigenvalue weighted by Crippen LogP contribution is 2.65. The molecule has 2 aromatic rings. The average molecular weight is 485 g/mol. The smallest absolute Gasteiger partial charge is 0.338 e. The van der Waals surface area contributed by atoms with Crippen LogP contribution in [0.15, 0.2) is 60.7 Å². The van der Waals surface area contributed by atoms with E-state index < -0.39 is 5.97 Å². The van der Waals surface area contributed by atoms with Crippen LogP contribution >= 0.6 is 0 Å². The van der Waals surface area contributed by atoms with E-state index in [2.05, 4.69) is 17.5 Å². The van der Waals surface area contributed by atoms with Gasteiger partial charge in [0.15, 0.2) is 0 Å². The second kappa shape index (κ2) is 8.73. The summed E-state index contributed by atoms with van der Waals surface area (Å²) in [6.07, 6.45) is 7.17. The molecule has 0 aromatic heterocycles. The van der Waals surface area contributed by atoms with Crippen molar-refractivity contribution in [3.8, 4) is 0 Å². The summed E-state index contributed by atoms with van der Waals surface area (Å²) in [4.78, 5) is 52.9. The van der Waals surface area contributed by atoms with Crippen LogP contribution in [0.5, 0.6) is 0 Å². The molecule has 36 heavy (non-hydrogen) atoms. The second-order valence-electron chi connectivity index (χ2n) is 10.2. The lowest BCUT2D eigenvalue weighted by Crippen LogP contribution is -2.40. The Hall–Kier alpha value is -3.74. The third-order valence-electron chi connectivity index (χ3n) is 8.14. The maximum atomic E-state index is 13.3. The number of hydrogen-bond acceptors (Lipinski definition) is 5. The molecule has 1 N–H and O–H groups in total. The lowest BCUT2D eigenvalue weighted by atomic mass is 9.63. The van der Waals surface area contributed by atoms with Crippen molar-refractivity contribution in [2.75, 3.05) is 16.8 Å². The van der Waals surface area contributed by atoms with E-state index in [1.165, 1.54) is 4.90 Å². The number of unbranched alkanes of at least 4 members (excludes halogenated alkanes) is 1. The zero-order chi connectivity index (χ0) is 25.0. The molecule has 3 fully saturated rings. The molecule has 7 nitrogen and oxygen atoms in total. The van der Waals surface area contributed by atoms with E-state index in [-0.39, 0.29) is 41.4 Å². The zero-order valence-corrected chi connectivity index (χ0v) is 20.1. The molecule has 184 valence electrons. The number of anilines is 2. The van der Waals surface area contributed by atoms with Gasteiger partial charge in [-0.1, -0.05) is 31.6 Å². The summed E-state index contributed by atoms with van der Waals surface area (Å²) in [6.45, 7) is 2.38. The monoisotopic (exact) mass is 484 g/mol. The van der Waals surface area contributed by atoms with Crippen LogP contribution in [0.25, 0.3) is 0 Å². The lowest BCUT2D eigenvalue weighted by Gasteiger charge is -2.37. The second-order valence-corrected chi connectivity index (χ2v) is 10.2. The van der Waals surface area contributed by atoms with Crippen LogP contribution in [0, 0.1) is 35.5 Å². The Labute approximate surface area is 209 Å². The summed E-state index contributed by atoms with van der Waals surface area (Å²) in [5.74, 6) is -0.0447. The van der Waals surface area contributed by atoms with E-state index in [0.717, 1.165) is 19.3 Å². The highest BCUT2D eigenvalue weighted by molar-refractivity contribution is 6.22. The number of esters is 1. The van der Waals surface area contributed by atoms with Crippen LogP contribution in [-0.4, -0.2) is 30.3 Å². The third-order valence-corrected chi connectivity index (χ3v) is 8.14. The molecule has 0 spiro atoms. The highest BCUT2D eigenvalue weighted by Gasteiger charge is 2.67. The molecule has 2 saturated carbocycles. The number of hydrogen-bond donors (Lipinski definition) is 1. The van der Waals surface area contributed by atoms with Crippen molar-refractivity contribution < 1.29 is 23.9 Å². The van der Waals surface area contributed by atoms with Gasteiger partial charge in [0.25, 0.3) is 5.91 Å². The number of nitrogens with zero attached hydrogens (tertiary/aromatic N) is 1. The van der Waals surface area contributed by atoms with Gasteiger partial charge in [-0.05, 0) is 79.0 Å². The number of benzene rings is 2. The minimum Gasteiger partial charge on any atom is -0.462 e. The summed E-state index contributed by atoms with van der Waals surface area (Å²) < 4.78 is 5.24. The molecule has 7 heteroatoms. The first-order valence-electron chi connectivity index (χ1n) is 12.7. The largest absolute Gasteiger partial charge is 0.462 e. The first kappa shape index (κ1) is 22.7. The van der Waals surface area contributed by atoms with Crippen molar-refractivity contribution in [1.29, 1.82) is 0 Å². The Balaban J connectivity index is 1.14. The number of carbonyl (C=O) groups excluding carboxylic acids is 4. The molecule has 2 aromatic carbocycles. The van der Waals surface area contributed by atoms with Crippen molar-refractivity contribution in [3.05, 3.63) is 71.8 Å². The molecule has 0 radical (unpaired) electrons. The van der Waals surface area contributed by atoms with Crippen molar-refractivity contribution >= 4 is 35.1 Å². The predicted molar refractivity (Wildman–Crippen MR) is 133 cm³/mol. The first-order valence-corrected chi connectivity index (χ1v) is 12.7. The molecular weight excluding hydrogens is 456 g/mol. The van der Waals surface area contributed by atoms with Crippen LogP contribution in [0.2, 0.25) is 0 Å². The SMILES string of the molecule is CCCCOC(=O)c1cccc(NC(=O)c2ccc(N3C(=O)[C@H]4[C@@H]5C=C[C@H]([C@H]6C[C@H]56)[C@@H]4C3=O)cc2)c1. The van der Waals surface area contributed by atoms with E-state index in [0.29, 0.717) is 40.9 Å². The number of carbonyl (C=O) groups is 4. The third kappa shape index (κ3) is 3.65. The van der Waals surface area contributed by atoms with E-state index >= 15 is 0 Å². The lowest BCUT2D eigenvalue weighted by molar-refractivity contribution is -0.124. The first-order chi connectivity index (χ1) is 17.5. The summed E-state index contributed by atoms with van der Waals surface area (Å²) >= 11 is 0. The van der Waals surface area contributed by atoms with Gasteiger partial charge in [0.2, 0.25) is 11.8 Å². The molecule has 1 aliphatic heterocycles. The molecule has 0 unspecified atom stereocenters. The number of allylic oxidation sites excluding steroid dienone is 2. The number of amides is 3. The van der Waals surface area contributed by atoms with E-state index in [9.17, 15) is 19.2 Å². The summed E-state index contributed by atoms with van der Waals surface area (Å²) in [7, 11) is 0. The van der Waals surface area contributed by atoms with Gasteiger partial charge in [0.1, 0.15) is 0 Å². The number of imide groups is 1. The standard InChI is InChI=1S/C29H28N2O5/c1-2-3-13-36-29(35)17-5-4-6-18(14-17)30-26(32)16-7-9-19(10-8-16)31-27(33)24-20-11-12-21(23-15-22(20)23)25(24)28(31)34/h4-12,14,20-25H,2-3,13,15H2,1H3,(H,30,32)/t20-,21-,22-,23-,24+,25+/m1/s1. The van der Waals surface area contributed by atoms with Gasteiger partial charge in [-0.3, -0.25) is 19.3 Å². The Kier molecular flexibility index (Phi) is 5.51. The van der Waals surface area contributed by atoms with Gasteiger partial charge in [-0.2, -0.15) is 0 Å². The highest BCUT2D eigenvalue weighted by atomic mass is 16.5. The van der Waals surface area contributed by atoms with Crippen molar-refractivity contribution in [3.63, 3.8) is 0 Å². The fraction of sp³-hybridized carbons (Fsp3) is 0.379. The van der Waals surface area contributed by atoms with Crippen LogP contribution in [0.3, 0.4) is 0 Å². The minimum atomic E-state index is -0.426. The summed E-state index contributed by atoms with van der Waals surface area (Å²) in [5, 5.41) is 2.80. The van der Waals surface area contributed by atoms with Crippen LogP contribution in [-0.2, 0) is 14.3 Å². The molecule has 3 amide bonds. The van der Waals surface area contributed by atoms with Gasteiger partial charge in [0, 0.05) is 11.3 Å². The molecule has 1 heterocycles. The normalized spacial score (nSPS) is 29.1. The molecule has 2 bridgehead atoms. The maximum Gasteiger partial charge on any atom is 0.338 e. The van der Waals surface area contributed by atoms with Crippen molar-refractivity contribution in [1.82, 2.24) is 0 Å². The van der Waals surface area contributed by atoms with Gasteiger partial charge >= 0.3 is 5.97 Å². The maximum absolute atomic E-state index is 13.3. The van der Waals surface area contributed by atoms with Crippen LogP contribution in [0.1, 0.15) is 46.9 Å². The number of nitrogens with one attached hydrogen (secondary N) is 1. The molecular formula is C29H28N2O5. The predicted octanol–water partition coefficient (Wildman–Crippen LogP) is 4.45. The van der Waals surface area contributed by atoms with E-state index in [1.54, 1.807) is 48.5 Å².